The van der Waals surface area contributed by atoms with Gasteiger partial charge in [-0.2, -0.15) is 0 Å². The van der Waals surface area contributed by atoms with Crippen molar-refractivity contribution >= 4 is 66.8 Å². The van der Waals surface area contributed by atoms with Gasteiger partial charge in [-0.05, 0) is 29.8 Å². The third-order valence-corrected chi connectivity index (χ3v) is 3.31. The highest BCUT2D eigenvalue weighted by Gasteiger charge is 2.10. The fourth-order valence-corrected chi connectivity index (χ4v) is 3.03. The predicted octanol–water partition coefficient (Wildman–Crippen LogP) is 4.56. The Kier molecular flexibility index (Phi) is 4.78. The molecule has 2 aromatic rings. The first kappa shape index (κ1) is 14.7. The normalized spacial score (nSPS) is 10.3. The zero-order valence-electron chi connectivity index (χ0n) is 9.12. The van der Waals surface area contributed by atoms with Gasteiger partial charge in [0.15, 0.2) is 0 Å². The van der Waals surface area contributed by atoms with Crippen LogP contribution < -0.4 is 5.32 Å². The van der Waals surface area contributed by atoms with Gasteiger partial charge in [-0.3, -0.25) is 4.79 Å². The second-order valence-corrected chi connectivity index (χ2v) is 6.01. The summed E-state index contributed by atoms with van der Waals surface area (Å²) < 4.78 is 1.57. The van der Waals surface area contributed by atoms with E-state index in [2.05, 4.69) is 47.1 Å². The van der Waals surface area contributed by atoms with Gasteiger partial charge in [0.25, 0.3) is 5.91 Å². The van der Waals surface area contributed by atoms with Crippen molar-refractivity contribution in [2.75, 3.05) is 5.32 Å². The number of hydrogen-bond donors (Lipinski definition) is 1. The average molecular weight is 426 g/mol. The number of benzene rings is 1. The Balaban J connectivity index is 2.25. The summed E-state index contributed by atoms with van der Waals surface area (Å²) in [5.41, 5.74) is 0.465. The molecule has 0 aliphatic heterocycles. The molecule has 2 rings (SSSR count). The molecule has 4 nitrogen and oxygen atoms in total. The molecule has 8 heteroatoms. The van der Waals surface area contributed by atoms with E-state index in [0.717, 1.165) is 8.95 Å². The van der Waals surface area contributed by atoms with Crippen LogP contribution in [0.15, 0.2) is 33.2 Å². The largest absolute Gasteiger partial charge is 0.306 e. The molecule has 0 spiro atoms. The predicted molar refractivity (Wildman–Crippen MR) is 81.8 cm³/mol. The molecule has 19 heavy (non-hydrogen) atoms. The van der Waals surface area contributed by atoms with Crippen molar-refractivity contribution in [2.45, 2.75) is 0 Å². The van der Waals surface area contributed by atoms with Gasteiger partial charge < -0.3 is 5.32 Å². The van der Waals surface area contributed by atoms with Crippen molar-refractivity contribution < 1.29 is 4.79 Å². The number of aromatic nitrogens is 2. The first-order valence-corrected chi connectivity index (χ1v) is 7.26. The molecule has 0 unspecified atom stereocenters. The van der Waals surface area contributed by atoms with Gasteiger partial charge in [0, 0.05) is 20.6 Å². The quantitative estimate of drug-likeness (QED) is 0.566. The van der Waals surface area contributed by atoms with Crippen LogP contribution in [0.1, 0.15) is 10.4 Å². The van der Waals surface area contributed by atoms with Gasteiger partial charge in [-0.15, -0.1) is 0 Å². The summed E-state index contributed by atoms with van der Waals surface area (Å²) in [5, 5.41) is 2.72. The van der Waals surface area contributed by atoms with Crippen LogP contribution in [0, 0.1) is 0 Å². The topological polar surface area (TPSA) is 54.9 Å². The lowest BCUT2D eigenvalue weighted by Crippen LogP contribution is -2.13. The molecule has 1 N–H and O–H groups in total. The van der Waals surface area contributed by atoms with Crippen LogP contribution in [0.4, 0.5) is 5.82 Å². The molecule has 1 aromatic heterocycles. The summed E-state index contributed by atoms with van der Waals surface area (Å²) in [6.07, 6.45) is 0. The molecule has 0 bridgehead atoms. The van der Waals surface area contributed by atoms with E-state index in [-0.39, 0.29) is 22.2 Å². The van der Waals surface area contributed by atoms with Crippen LogP contribution in [0.3, 0.4) is 0 Å². The zero-order chi connectivity index (χ0) is 14.0. The molecule has 1 heterocycles. The van der Waals surface area contributed by atoms with Crippen LogP contribution in [-0.4, -0.2) is 15.9 Å². The number of carbonyl (C=O) groups is 1. The Morgan fingerprint density at radius 3 is 2.26 bits per heavy atom. The molecular weight excluding hydrogens is 421 g/mol. The SMILES string of the molecule is O=C(Nc1cc(Cl)nc(Cl)n1)c1cc(Br)cc(Br)c1. The van der Waals surface area contributed by atoms with Crippen LogP contribution in [0.25, 0.3) is 0 Å². The highest BCUT2D eigenvalue weighted by molar-refractivity contribution is 9.11. The maximum atomic E-state index is 12.0. The Labute approximate surface area is 135 Å². The molecule has 0 radical (unpaired) electrons. The molecule has 98 valence electrons. The highest BCUT2D eigenvalue weighted by Crippen LogP contribution is 2.21. The Hall–Kier alpha value is -0.690. The van der Waals surface area contributed by atoms with E-state index in [0.29, 0.717) is 5.56 Å². The van der Waals surface area contributed by atoms with E-state index in [1.54, 1.807) is 12.1 Å². The summed E-state index contributed by atoms with van der Waals surface area (Å²) in [5.74, 6) is -0.0843. The van der Waals surface area contributed by atoms with Crippen molar-refractivity contribution in [3.63, 3.8) is 0 Å². The first-order valence-electron chi connectivity index (χ1n) is 4.91. The Bertz CT molecular complexity index is 611. The molecule has 0 fully saturated rings. The first-order chi connectivity index (χ1) is 8.94. The van der Waals surface area contributed by atoms with Crippen LogP contribution in [0.2, 0.25) is 10.4 Å². The van der Waals surface area contributed by atoms with Crippen molar-refractivity contribution in [2.24, 2.45) is 0 Å². The second-order valence-electron chi connectivity index (χ2n) is 3.46. The summed E-state index contributed by atoms with van der Waals surface area (Å²) in [6.45, 7) is 0. The minimum atomic E-state index is -0.326. The van der Waals surface area contributed by atoms with Gasteiger partial charge in [-0.1, -0.05) is 43.5 Å². The lowest BCUT2D eigenvalue weighted by atomic mass is 10.2. The maximum absolute atomic E-state index is 12.0. The summed E-state index contributed by atoms with van der Waals surface area (Å²) in [6, 6.07) is 6.61. The molecule has 0 saturated heterocycles. The van der Waals surface area contributed by atoms with E-state index < -0.39 is 0 Å². The van der Waals surface area contributed by atoms with E-state index >= 15 is 0 Å². The van der Waals surface area contributed by atoms with Gasteiger partial charge in [0.1, 0.15) is 11.0 Å². The Morgan fingerprint density at radius 1 is 1.05 bits per heavy atom. The fraction of sp³-hybridized carbons (Fsp3) is 0. The second kappa shape index (κ2) is 6.17. The van der Waals surface area contributed by atoms with E-state index in [1.165, 1.54) is 6.07 Å². The summed E-state index contributed by atoms with van der Waals surface area (Å²) in [7, 11) is 0. The number of nitrogens with one attached hydrogen (secondary N) is 1. The van der Waals surface area contributed by atoms with Crippen molar-refractivity contribution in [1.29, 1.82) is 0 Å². The minimum absolute atomic E-state index is 0.0294. The zero-order valence-corrected chi connectivity index (χ0v) is 13.8. The molecule has 1 amide bonds. The number of rotatable bonds is 2. The van der Waals surface area contributed by atoms with E-state index in [1.807, 2.05) is 6.07 Å². The Morgan fingerprint density at radius 2 is 1.68 bits per heavy atom. The number of nitrogens with zero attached hydrogens (tertiary/aromatic N) is 2. The monoisotopic (exact) mass is 423 g/mol. The van der Waals surface area contributed by atoms with Crippen molar-refractivity contribution in [3.05, 3.63) is 49.2 Å². The number of amides is 1. The molecule has 1 aromatic carbocycles. The molecule has 0 aliphatic rings. The van der Waals surface area contributed by atoms with E-state index in [4.69, 9.17) is 23.2 Å². The lowest BCUT2D eigenvalue weighted by Gasteiger charge is -2.06. The fourth-order valence-electron chi connectivity index (χ4n) is 1.33. The molecule has 0 aliphatic carbocycles. The molecule has 0 atom stereocenters. The van der Waals surface area contributed by atoms with Crippen LogP contribution in [0.5, 0.6) is 0 Å². The molecule has 0 saturated carbocycles. The number of hydrogen-bond acceptors (Lipinski definition) is 3. The number of carbonyl (C=O) groups excluding carboxylic acids is 1. The average Bonchev–Trinajstić information content (AvgIpc) is 2.25. The summed E-state index contributed by atoms with van der Waals surface area (Å²) in [4.78, 5) is 19.6. The summed E-state index contributed by atoms with van der Waals surface area (Å²) >= 11 is 18.0. The van der Waals surface area contributed by atoms with Crippen LogP contribution >= 0.6 is 55.1 Å². The minimum Gasteiger partial charge on any atom is -0.306 e. The molecular formula is C11H5Br2Cl2N3O. The van der Waals surface area contributed by atoms with Gasteiger partial charge in [0.05, 0.1) is 0 Å². The smallest absolute Gasteiger partial charge is 0.256 e. The number of halogens is 4. The van der Waals surface area contributed by atoms with E-state index in [9.17, 15) is 4.79 Å². The highest BCUT2D eigenvalue weighted by atomic mass is 79.9. The standard InChI is InChI=1S/C11H5Br2Cl2N3O/c12-6-1-5(2-7(13)3-6)10(19)17-9-4-8(14)16-11(15)18-9/h1-4H,(H,16,17,18,19). The van der Waals surface area contributed by atoms with Crippen molar-refractivity contribution in [1.82, 2.24) is 9.97 Å². The number of anilines is 1. The van der Waals surface area contributed by atoms with Gasteiger partial charge in [-0.25, -0.2) is 9.97 Å². The van der Waals surface area contributed by atoms with Gasteiger partial charge in [0.2, 0.25) is 5.28 Å². The van der Waals surface area contributed by atoms with Crippen LogP contribution in [-0.2, 0) is 0 Å². The van der Waals surface area contributed by atoms with Crippen molar-refractivity contribution in [3.8, 4) is 0 Å². The maximum Gasteiger partial charge on any atom is 0.256 e. The van der Waals surface area contributed by atoms with Gasteiger partial charge >= 0.3 is 0 Å². The lowest BCUT2D eigenvalue weighted by molar-refractivity contribution is 0.102. The third-order valence-electron chi connectivity index (χ3n) is 2.03. The third kappa shape index (κ3) is 4.14.